The van der Waals surface area contributed by atoms with E-state index in [-0.39, 0.29) is 18.1 Å². The van der Waals surface area contributed by atoms with E-state index in [1.165, 1.54) is 31.2 Å². The molecule has 0 aliphatic rings. The molecule has 0 heterocycles. The molecule has 166 valence electrons. The number of rotatable bonds is 9. The predicted octanol–water partition coefficient (Wildman–Crippen LogP) is 4.39. The number of ketones is 1. The number of nitrogens with one attached hydrogen (secondary N) is 1. The summed E-state index contributed by atoms with van der Waals surface area (Å²) in [5, 5.41) is 0. The van der Waals surface area contributed by atoms with Crippen LogP contribution in [0.1, 0.15) is 40.7 Å². The van der Waals surface area contributed by atoms with E-state index in [0.717, 1.165) is 17.4 Å². The van der Waals surface area contributed by atoms with Gasteiger partial charge in [0.15, 0.2) is 6.10 Å². The van der Waals surface area contributed by atoms with Crippen molar-refractivity contribution in [2.45, 2.75) is 25.4 Å². The van der Waals surface area contributed by atoms with E-state index in [2.05, 4.69) is 4.72 Å². The SMILES string of the molecule is CC(OC(=O)CC(c1ccccc1)c1ccccc1)C(=O)c1ccc(NS(C)(=O)=O)cc1. The van der Waals surface area contributed by atoms with Gasteiger partial charge in [-0.3, -0.25) is 14.3 Å². The van der Waals surface area contributed by atoms with Gasteiger partial charge < -0.3 is 4.74 Å². The Morgan fingerprint density at radius 1 is 0.844 bits per heavy atom. The highest BCUT2D eigenvalue weighted by Gasteiger charge is 2.23. The number of hydrogen-bond donors (Lipinski definition) is 1. The Morgan fingerprint density at radius 2 is 1.34 bits per heavy atom. The molecule has 0 saturated heterocycles. The van der Waals surface area contributed by atoms with E-state index < -0.39 is 22.1 Å². The smallest absolute Gasteiger partial charge is 0.307 e. The number of carbonyl (C=O) groups is 2. The van der Waals surface area contributed by atoms with Gasteiger partial charge in [0.25, 0.3) is 0 Å². The molecule has 0 spiro atoms. The molecule has 6 nitrogen and oxygen atoms in total. The molecule has 0 bridgehead atoms. The highest BCUT2D eigenvalue weighted by Crippen LogP contribution is 2.28. The minimum Gasteiger partial charge on any atom is -0.454 e. The summed E-state index contributed by atoms with van der Waals surface area (Å²) >= 11 is 0. The Morgan fingerprint density at radius 3 is 1.81 bits per heavy atom. The van der Waals surface area contributed by atoms with Crippen molar-refractivity contribution in [1.82, 2.24) is 0 Å². The van der Waals surface area contributed by atoms with E-state index in [4.69, 9.17) is 4.74 Å². The lowest BCUT2D eigenvalue weighted by molar-refractivity contribution is -0.146. The summed E-state index contributed by atoms with van der Waals surface area (Å²) in [4.78, 5) is 25.4. The highest BCUT2D eigenvalue weighted by molar-refractivity contribution is 7.92. The third kappa shape index (κ3) is 6.52. The van der Waals surface area contributed by atoms with E-state index in [0.29, 0.717) is 11.3 Å². The summed E-state index contributed by atoms with van der Waals surface area (Å²) in [6.45, 7) is 1.53. The van der Waals surface area contributed by atoms with Crippen LogP contribution >= 0.6 is 0 Å². The summed E-state index contributed by atoms with van der Waals surface area (Å²) in [5.74, 6) is -1.02. The largest absolute Gasteiger partial charge is 0.454 e. The van der Waals surface area contributed by atoms with Crippen LogP contribution in [0.3, 0.4) is 0 Å². The van der Waals surface area contributed by atoms with Gasteiger partial charge in [-0.05, 0) is 42.3 Å². The molecule has 3 aromatic carbocycles. The first-order valence-corrected chi connectivity index (χ1v) is 12.0. The van der Waals surface area contributed by atoms with Crippen molar-refractivity contribution >= 4 is 27.5 Å². The molecule has 0 amide bonds. The Hall–Kier alpha value is -3.45. The van der Waals surface area contributed by atoms with Crippen molar-refractivity contribution in [2.75, 3.05) is 11.0 Å². The summed E-state index contributed by atoms with van der Waals surface area (Å²) < 4.78 is 30.4. The summed E-state index contributed by atoms with van der Waals surface area (Å²) in [7, 11) is -3.40. The zero-order valence-corrected chi connectivity index (χ0v) is 18.7. The Labute approximate surface area is 188 Å². The summed E-state index contributed by atoms with van der Waals surface area (Å²) in [6.07, 6.45) is 0.178. The standard InChI is InChI=1S/C25H25NO5S/c1-18(25(28)21-13-15-22(16-14-21)26-32(2,29)30)31-24(27)17-23(19-9-5-3-6-10-19)20-11-7-4-8-12-20/h3-16,18,23,26H,17H2,1-2H3. The predicted molar refractivity (Wildman–Crippen MR) is 124 cm³/mol. The number of carbonyl (C=O) groups excluding carboxylic acids is 2. The maximum absolute atomic E-state index is 12.7. The molecule has 1 atom stereocenters. The number of benzene rings is 3. The van der Waals surface area contributed by atoms with Gasteiger partial charge in [-0.15, -0.1) is 0 Å². The number of esters is 1. The van der Waals surface area contributed by atoms with Gasteiger partial charge in [0.05, 0.1) is 12.7 Å². The van der Waals surface area contributed by atoms with Gasteiger partial charge >= 0.3 is 5.97 Å². The number of hydrogen-bond acceptors (Lipinski definition) is 5. The van der Waals surface area contributed by atoms with Gasteiger partial charge in [0.2, 0.25) is 15.8 Å². The first kappa shape index (κ1) is 23.2. The van der Waals surface area contributed by atoms with Gasteiger partial charge in [-0.2, -0.15) is 0 Å². The molecule has 1 unspecified atom stereocenters. The molecule has 3 aromatic rings. The lowest BCUT2D eigenvalue weighted by atomic mass is 9.88. The van der Waals surface area contributed by atoms with Crippen LogP contribution in [0.15, 0.2) is 84.9 Å². The number of sulfonamides is 1. The molecule has 32 heavy (non-hydrogen) atoms. The van der Waals surface area contributed by atoms with Crippen molar-refractivity contribution in [1.29, 1.82) is 0 Å². The van der Waals surface area contributed by atoms with Crippen LogP contribution in [-0.4, -0.2) is 32.5 Å². The van der Waals surface area contributed by atoms with Gasteiger partial charge in [0, 0.05) is 17.2 Å². The van der Waals surface area contributed by atoms with Crippen LogP contribution in [0.5, 0.6) is 0 Å². The van der Waals surface area contributed by atoms with Crippen LogP contribution < -0.4 is 4.72 Å². The van der Waals surface area contributed by atoms with Crippen molar-refractivity contribution in [2.24, 2.45) is 0 Å². The molecular formula is C25H25NO5S. The molecule has 0 aromatic heterocycles. The van der Waals surface area contributed by atoms with E-state index in [1.54, 1.807) is 0 Å². The Bertz CT molecular complexity index is 1120. The molecule has 0 saturated carbocycles. The second-order valence-electron chi connectivity index (χ2n) is 7.53. The van der Waals surface area contributed by atoms with Crippen LogP contribution in [0, 0.1) is 0 Å². The van der Waals surface area contributed by atoms with Crippen LogP contribution in [0.4, 0.5) is 5.69 Å². The van der Waals surface area contributed by atoms with Gasteiger partial charge in [-0.25, -0.2) is 8.42 Å². The number of ether oxygens (including phenoxy) is 1. The summed E-state index contributed by atoms with van der Waals surface area (Å²) in [5.41, 5.74) is 2.65. The van der Waals surface area contributed by atoms with Crippen molar-refractivity contribution in [3.8, 4) is 0 Å². The van der Waals surface area contributed by atoms with Crippen LogP contribution in [-0.2, 0) is 19.6 Å². The van der Waals surface area contributed by atoms with Crippen molar-refractivity contribution in [3.05, 3.63) is 102 Å². The zero-order valence-electron chi connectivity index (χ0n) is 17.9. The van der Waals surface area contributed by atoms with Crippen molar-refractivity contribution in [3.63, 3.8) is 0 Å². The third-order valence-electron chi connectivity index (χ3n) is 4.92. The van der Waals surface area contributed by atoms with E-state index in [1.807, 2.05) is 60.7 Å². The monoisotopic (exact) mass is 451 g/mol. The minimum atomic E-state index is -3.40. The second-order valence-corrected chi connectivity index (χ2v) is 9.27. The minimum absolute atomic E-state index is 0.100. The lowest BCUT2D eigenvalue weighted by Crippen LogP contribution is -2.25. The van der Waals surface area contributed by atoms with E-state index >= 15 is 0 Å². The molecule has 0 aliphatic heterocycles. The fraction of sp³-hybridized carbons (Fsp3) is 0.200. The number of anilines is 1. The molecule has 0 aliphatic carbocycles. The van der Waals surface area contributed by atoms with Gasteiger partial charge in [0.1, 0.15) is 0 Å². The molecule has 0 fully saturated rings. The average molecular weight is 452 g/mol. The van der Waals surface area contributed by atoms with Gasteiger partial charge in [-0.1, -0.05) is 60.7 Å². The maximum Gasteiger partial charge on any atom is 0.307 e. The summed E-state index contributed by atoms with van der Waals surface area (Å²) in [6, 6.07) is 25.4. The fourth-order valence-electron chi connectivity index (χ4n) is 3.42. The zero-order chi connectivity index (χ0) is 23.1. The Kier molecular flexibility index (Phi) is 7.43. The van der Waals surface area contributed by atoms with Crippen molar-refractivity contribution < 1.29 is 22.7 Å². The normalized spacial score (nSPS) is 12.2. The van der Waals surface area contributed by atoms with Crippen LogP contribution in [0.2, 0.25) is 0 Å². The molecule has 7 heteroatoms. The molecule has 0 radical (unpaired) electrons. The first-order chi connectivity index (χ1) is 15.2. The third-order valence-corrected chi connectivity index (χ3v) is 5.53. The molecular weight excluding hydrogens is 426 g/mol. The molecule has 3 rings (SSSR count). The van der Waals surface area contributed by atoms with Crippen LogP contribution in [0.25, 0.3) is 0 Å². The Balaban J connectivity index is 1.68. The molecule has 1 N–H and O–H groups in total. The second kappa shape index (κ2) is 10.2. The lowest BCUT2D eigenvalue weighted by Gasteiger charge is -2.19. The quantitative estimate of drug-likeness (QED) is 0.385. The van der Waals surface area contributed by atoms with E-state index in [9.17, 15) is 18.0 Å². The fourth-order valence-corrected chi connectivity index (χ4v) is 3.98. The maximum atomic E-state index is 12.7. The highest BCUT2D eigenvalue weighted by atomic mass is 32.2. The number of Topliss-reactive ketones (excluding diaryl/α,β-unsaturated/α-hetero) is 1. The topological polar surface area (TPSA) is 89.5 Å². The average Bonchev–Trinajstić information content (AvgIpc) is 2.77. The first-order valence-electron chi connectivity index (χ1n) is 10.1.